The molecule has 0 saturated carbocycles. The second-order valence-corrected chi connectivity index (χ2v) is 3.06. The predicted molar refractivity (Wildman–Crippen MR) is 53.9 cm³/mol. The second-order valence-electron chi connectivity index (χ2n) is 3.06. The van der Waals surface area contributed by atoms with Crippen molar-refractivity contribution in [2.24, 2.45) is 0 Å². The number of benzene rings is 1. The average Bonchev–Trinajstić information content (AvgIpc) is 2.19. The van der Waals surface area contributed by atoms with E-state index in [1.54, 1.807) is 7.05 Å². The fraction of sp³-hybridized carbons (Fsp3) is 0.273. The minimum atomic E-state index is -4.51. The Bertz CT molecular complexity index is 429. The molecule has 1 aromatic carbocycles. The van der Waals surface area contributed by atoms with Crippen LogP contribution in [0.3, 0.4) is 0 Å². The smallest absolute Gasteiger partial charge is 0.417 e. The van der Waals surface area contributed by atoms with Gasteiger partial charge >= 0.3 is 6.18 Å². The number of alkyl halides is 3. The van der Waals surface area contributed by atoms with Crippen molar-refractivity contribution in [2.75, 3.05) is 13.6 Å². The third-order valence-electron chi connectivity index (χ3n) is 1.80. The van der Waals surface area contributed by atoms with Gasteiger partial charge in [0.15, 0.2) is 0 Å². The molecule has 0 unspecified atom stereocenters. The molecule has 0 atom stereocenters. The van der Waals surface area contributed by atoms with Crippen LogP contribution in [0, 0.1) is 11.8 Å². The van der Waals surface area contributed by atoms with E-state index in [9.17, 15) is 13.2 Å². The molecule has 0 amide bonds. The molecule has 16 heavy (non-hydrogen) atoms. The molecule has 0 bridgehead atoms. The highest BCUT2D eigenvalue weighted by Gasteiger charge is 2.33. The lowest BCUT2D eigenvalue weighted by Crippen LogP contribution is -2.08. The second kappa shape index (κ2) is 4.90. The third-order valence-corrected chi connectivity index (χ3v) is 1.80. The molecule has 2 N–H and O–H groups in total. The van der Waals surface area contributed by atoms with Gasteiger partial charge in [0.2, 0.25) is 0 Å². The molecule has 0 aliphatic heterocycles. The van der Waals surface area contributed by atoms with Crippen LogP contribution in [0.15, 0.2) is 18.2 Å². The Morgan fingerprint density at radius 3 is 2.62 bits per heavy atom. The lowest BCUT2D eigenvalue weighted by atomic mass is 10.1. The van der Waals surface area contributed by atoms with Crippen LogP contribution < -0.4 is 5.32 Å². The Hall–Kier alpha value is -1.67. The Morgan fingerprint density at radius 2 is 2.06 bits per heavy atom. The maximum atomic E-state index is 12.5. The minimum Gasteiger partial charge on any atom is -0.508 e. The van der Waals surface area contributed by atoms with Gasteiger partial charge < -0.3 is 10.4 Å². The summed E-state index contributed by atoms with van der Waals surface area (Å²) in [5.41, 5.74) is -1.06. The Morgan fingerprint density at radius 1 is 1.38 bits per heavy atom. The third kappa shape index (κ3) is 3.17. The van der Waals surface area contributed by atoms with Crippen molar-refractivity contribution in [1.82, 2.24) is 5.32 Å². The van der Waals surface area contributed by atoms with Gasteiger partial charge in [-0.1, -0.05) is 11.8 Å². The van der Waals surface area contributed by atoms with Crippen molar-refractivity contribution < 1.29 is 18.3 Å². The van der Waals surface area contributed by atoms with Crippen molar-refractivity contribution in [3.63, 3.8) is 0 Å². The Balaban J connectivity index is 3.15. The van der Waals surface area contributed by atoms with Crippen LogP contribution in [0.25, 0.3) is 0 Å². The van der Waals surface area contributed by atoms with Crippen molar-refractivity contribution in [1.29, 1.82) is 0 Å². The van der Waals surface area contributed by atoms with Gasteiger partial charge in [0.1, 0.15) is 5.75 Å². The van der Waals surface area contributed by atoms with Crippen molar-refractivity contribution in [2.45, 2.75) is 6.18 Å². The van der Waals surface area contributed by atoms with Gasteiger partial charge in [-0.2, -0.15) is 13.2 Å². The van der Waals surface area contributed by atoms with Crippen LogP contribution >= 0.6 is 0 Å². The summed E-state index contributed by atoms with van der Waals surface area (Å²) in [6, 6.07) is 3.00. The molecule has 1 aromatic rings. The number of phenolic OH excluding ortho intramolecular Hbond substituents is 1. The number of phenols is 1. The molecular formula is C11H10F3NO. The van der Waals surface area contributed by atoms with Gasteiger partial charge in [-0.3, -0.25) is 0 Å². The molecule has 5 heteroatoms. The fourth-order valence-electron chi connectivity index (χ4n) is 1.10. The lowest BCUT2D eigenvalue weighted by molar-refractivity contribution is -0.137. The van der Waals surface area contributed by atoms with E-state index in [1.165, 1.54) is 6.07 Å². The Labute approximate surface area is 91.1 Å². The topological polar surface area (TPSA) is 32.3 Å². The summed E-state index contributed by atoms with van der Waals surface area (Å²) < 4.78 is 37.6. The molecule has 86 valence electrons. The summed E-state index contributed by atoms with van der Waals surface area (Å²) in [6.07, 6.45) is -4.51. The van der Waals surface area contributed by atoms with Crippen LogP contribution in [-0.2, 0) is 6.18 Å². The molecule has 0 aliphatic carbocycles. The number of nitrogens with one attached hydrogen (secondary N) is 1. The average molecular weight is 229 g/mol. The summed E-state index contributed by atoms with van der Waals surface area (Å²) in [6.45, 7) is 0.304. The number of hydrogen-bond acceptors (Lipinski definition) is 2. The molecule has 2 nitrogen and oxygen atoms in total. The molecule has 0 spiro atoms. The first-order chi connectivity index (χ1) is 7.45. The first-order valence-corrected chi connectivity index (χ1v) is 4.49. The molecule has 0 aromatic heterocycles. The molecule has 0 fully saturated rings. The summed E-state index contributed by atoms with van der Waals surface area (Å²) in [7, 11) is 1.65. The van der Waals surface area contributed by atoms with E-state index in [2.05, 4.69) is 17.2 Å². The molecule has 0 heterocycles. The molecule has 0 aliphatic rings. The van der Waals surface area contributed by atoms with Gasteiger partial charge in [0.25, 0.3) is 0 Å². The van der Waals surface area contributed by atoms with Gasteiger partial charge in [-0.15, -0.1) is 0 Å². The predicted octanol–water partition coefficient (Wildman–Crippen LogP) is 1.98. The van der Waals surface area contributed by atoms with E-state index >= 15 is 0 Å². The number of aromatic hydroxyl groups is 1. The summed E-state index contributed by atoms with van der Waals surface area (Å²) in [5.74, 6) is 4.52. The maximum absolute atomic E-state index is 12.5. The lowest BCUT2D eigenvalue weighted by Gasteiger charge is -2.09. The van der Waals surface area contributed by atoms with E-state index < -0.39 is 17.5 Å². The SMILES string of the molecule is CNCC#Cc1ccc(O)cc1C(F)(F)F. The first-order valence-electron chi connectivity index (χ1n) is 4.49. The largest absolute Gasteiger partial charge is 0.508 e. The van der Waals surface area contributed by atoms with Crippen LogP contribution in [0.1, 0.15) is 11.1 Å². The Kier molecular flexibility index (Phi) is 3.80. The van der Waals surface area contributed by atoms with E-state index in [0.29, 0.717) is 12.6 Å². The number of rotatable bonds is 1. The van der Waals surface area contributed by atoms with Crippen molar-refractivity contribution in [3.05, 3.63) is 29.3 Å². The zero-order chi connectivity index (χ0) is 12.2. The van der Waals surface area contributed by atoms with Crippen molar-refractivity contribution >= 4 is 0 Å². The quantitative estimate of drug-likeness (QED) is 0.722. The zero-order valence-electron chi connectivity index (χ0n) is 8.52. The van der Waals surface area contributed by atoms with Crippen molar-refractivity contribution in [3.8, 4) is 17.6 Å². The standard InChI is InChI=1S/C11H10F3NO/c1-15-6-2-3-8-4-5-9(16)7-10(8)11(12,13)14/h4-5,7,15-16H,6H2,1H3. The maximum Gasteiger partial charge on any atom is 0.417 e. The monoisotopic (exact) mass is 229 g/mol. The van der Waals surface area contributed by atoms with Crippen LogP contribution in [0.5, 0.6) is 5.75 Å². The zero-order valence-corrected chi connectivity index (χ0v) is 8.52. The summed E-state index contributed by atoms with van der Waals surface area (Å²) in [4.78, 5) is 0. The molecular weight excluding hydrogens is 219 g/mol. The van der Waals surface area contributed by atoms with Gasteiger partial charge in [0, 0.05) is 5.56 Å². The highest BCUT2D eigenvalue weighted by Crippen LogP contribution is 2.33. The van der Waals surface area contributed by atoms with Crippen LogP contribution in [0.2, 0.25) is 0 Å². The van der Waals surface area contributed by atoms with Gasteiger partial charge in [0.05, 0.1) is 12.1 Å². The van der Waals surface area contributed by atoms with Gasteiger partial charge in [-0.25, -0.2) is 0 Å². The van der Waals surface area contributed by atoms with Crippen LogP contribution in [0.4, 0.5) is 13.2 Å². The van der Waals surface area contributed by atoms with E-state index in [0.717, 1.165) is 6.07 Å². The molecule has 0 radical (unpaired) electrons. The van der Waals surface area contributed by atoms with E-state index in [4.69, 9.17) is 5.11 Å². The molecule has 1 rings (SSSR count). The highest BCUT2D eigenvalue weighted by molar-refractivity contribution is 5.46. The van der Waals surface area contributed by atoms with E-state index in [1.807, 2.05) is 0 Å². The van der Waals surface area contributed by atoms with Gasteiger partial charge in [-0.05, 0) is 25.2 Å². The summed E-state index contributed by atoms with van der Waals surface area (Å²) >= 11 is 0. The number of hydrogen-bond donors (Lipinski definition) is 2. The summed E-state index contributed by atoms with van der Waals surface area (Å²) in [5, 5.41) is 11.7. The highest BCUT2D eigenvalue weighted by atomic mass is 19.4. The minimum absolute atomic E-state index is 0.138. The van der Waals surface area contributed by atoms with E-state index in [-0.39, 0.29) is 5.56 Å². The first kappa shape index (κ1) is 12.4. The normalized spacial score (nSPS) is 10.8. The fourth-order valence-corrected chi connectivity index (χ4v) is 1.10. The number of halogens is 3. The van der Waals surface area contributed by atoms with Crippen LogP contribution in [-0.4, -0.2) is 18.7 Å². The molecule has 0 saturated heterocycles.